The van der Waals surface area contributed by atoms with Gasteiger partial charge in [0.1, 0.15) is 0 Å². The summed E-state index contributed by atoms with van der Waals surface area (Å²) in [6.45, 7) is 14.2. The molecule has 0 aromatic carbocycles. The highest BCUT2D eigenvalue weighted by atomic mass is 127. The Bertz CT molecular complexity index is 511. The Kier molecular flexibility index (Phi) is 7.77. The van der Waals surface area contributed by atoms with Crippen LogP contribution in [-0.2, 0) is 12.0 Å². The van der Waals surface area contributed by atoms with Crippen LogP contribution < -0.4 is 5.32 Å². The Morgan fingerprint density at radius 1 is 1.35 bits per heavy atom. The molecule has 2 rings (SSSR count). The minimum Gasteiger partial charge on any atom is -0.351 e. The molecular weight excluding hydrogens is 419 g/mol. The number of thiazole rings is 1. The van der Waals surface area contributed by atoms with Crippen molar-refractivity contribution in [2.24, 2.45) is 16.8 Å². The van der Waals surface area contributed by atoms with Gasteiger partial charge in [0.2, 0.25) is 0 Å². The molecule has 0 spiro atoms. The highest BCUT2D eigenvalue weighted by Gasteiger charge is 2.24. The third-order valence-corrected chi connectivity index (χ3v) is 5.32. The minimum atomic E-state index is 0. The first-order chi connectivity index (χ1) is 10.3. The summed E-state index contributed by atoms with van der Waals surface area (Å²) in [6.07, 6.45) is 1.31. The molecule has 23 heavy (non-hydrogen) atoms. The Labute approximate surface area is 162 Å². The van der Waals surface area contributed by atoms with Gasteiger partial charge in [-0.1, -0.05) is 34.6 Å². The molecule has 132 valence electrons. The molecule has 0 saturated carbocycles. The summed E-state index contributed by atoms with van der Waals surface area (Å²) in [5, 5.41) is 6.83. The van der Waals surface area contributed by atoms with Crippen molar-refractivity contribution in [1.29, 1.82) is 0 Å². The predicted octanol–water partition coefficient (Wildman–Crippen LogP) is 4.11. The van der Waals surface area contributed by atoms with Crippen molar-refractivity contribution in [1.82, 2.24) is 15.2 Å². The number of piperidine rings is 1. The van der Waals surface area contributed by atoms with Gasteiger partial charge in [0.25, 0.3) is 0 Å². The summed E-state index contributed by atoms with van der Waals surface area (Å²) >= 11 is 1.75. The molecule has 2 unspecified atom stereocenters. The lowest BCUT2D eigenvalue weighted by atomic mass is 9.92. The molecule has 2 atom stereocenters. The van der Waals surface area contributed by atoms with E-state index in [1.807, 2.05) is 7.05 Å². The standard InChI is InChI=1S/C17H30N4S.HI/c1-12-7-13(2)10-21(9-12)16(18-6)19-8-14-11-22-15(20-14)17(3,4)5;/h11-13H,7-10H2,1-6H3,(H,18,19);1H. The first-order valence-corrected chi connectivity index (χ1v) is 9.08. The minimum absolute atomic E-state index is 0. The number of hydrogen-bond donors (Lipinski definition) is 1. The van der Waals surface area contributed by atoms with Crippen molar-refractivity contribution in [2.75, 3.05) is 20.1 Å². The van der Waals surface area contributed by atoms with Crippen LogP contribution in [0.2, 0.25) is 0 Å². The molecule has 1 aromatic rings. The van der Waals surface area contributed by atoms with E-state index in [1.165, 1.54) is 11.4 Å². The highest BCUT2D eigenvalue weighted by molar-refractivity contribution is 14.0. The maximum Gasteiger partial charge on any atom is 0.193 e. The zero-order chi connectivity index (χ0) is 16.3. The second-order valence-electron chi connectivity index (χ2n) is 7.65. The van der Waals surface area contributed by atoms with Crippen molar-refractivity contribution in [3.05, 3.63) is 16.1 Å². The molecular formula is C17H31IN4S. The third-order valence-electron chi connectivity index (χ3n) is 4.00. The largest absolute Gasteiger partial charge is 0.351 e. The molecule has 1 aromatic heterocycles. The monoisotopic (exact) mass is 450 g/mol. The topological polar surface area (TPSA) is 40.5 Å². The van der Waals surface area contributed by atoms with Crippen LogP contribution >= 0.6 is 35.3 Å². The van der Waals surface area contributed by atoms with Crippen LogP contribution in [-0.4, -0.2) is 36.0 Å². The van der Waals surface area contributed by atoms with Gasteiger partial charge in [-0.25, -0.2) is 4.98 Å². The quantitative estimate of drug-likeness (QED) is 0.419. The lowest BCUT2D eigenvalue weighted by Crippen LogP contribution is -2.48. The Morgan fingerprint density at radius 2 is 1.96 bits per heavy atom. The SMILES string of the molecule is CN=C(NCc1csc(C(C)(C)C)n1)N1CC(C)CC(C)C1.I. The molecule has 2 heterocycles. The summed E-state index contributed by atoms with van der Waals surface area (Å²) in [5.41, 5.74) is 1.23. The Balaban J connectivity index is 0.00000264. The van der Waals surface area contributed by atoms with Gasteiger partial charge < -0.3 is 10.2 Å². The first-order valence-electron chi connectivity index (χ1n) is 8.20. The molecule has 1 aliphatic heterocycles. The maximum atomic E-state index is 4.75. The Hall–Kier alpha value is -0.370. The fraction of sp³-hybridized carbons (Fsp3) is 0.765. The summed E-state index contributed by atoms with van der Waals surface area (Å²) in [7, 11) is 1.87. The van der Waals surface area contributed by atoms with Gasteiger partial charge in [-0.2, -0.15) is 0 Å². The van der Waals surface area contributed by atoms with E-state index in [4.69, 9.17) is 4.98 Å². The summed E-state index contributed by atoms with van der Waals surface area (Å²) < 4.78 is 0. The van der Waals surface area contributed by atoms with Crippen molar-refractivity contribution >= 4 is 41.3 Å². The van der Waals surface area contributed by atoms with Gasteiger partial charge in [0.15, 0.2) is 5.96 Å². The van der Waals surface area contributed by atoms with Gasteiger partial charge in [-0.05, 0) is 18.3 Å². The lowest BCUT2D eigenvalue weighted by molar-refractivity contribution is 0.208. The Morgan fingerprint density at radius 3 is 2.43 bits per heavy atom. The number of aliphatic imine (C=N–C) groups is 1. The number of hydrogen-bond acceptors (Lipinski definition) is 3. The molecule has 1 N–H and O–H groups in total. The van der Waals surface area contributed by atoms with Crippen molar-refractivity contribution < 1.29 is 0 Å². The van der Waals surface area contributed by atoms with Gasteiger partial charge in [0.05, 0.1) is 17.2 Å². The van der Waals surface area contributed by atoms with Crippen LogP contribution in [0.1, 0.15) is 51.7 Å². The second-order valence-corrected chi connectivity index (χ2v) is 8.50. The molecule has 1 saturated heterocycles. The predicted molar refractivity (Wildman–Crippen MR) is 111 cm³/mol. The molecule has 0 radical (unpaired) electrons. The van der Waals surface area contributed by atoms with Crippen LogP contribution in [0.5, 0.6) is 0 Å². The number of aromatic nitrogens is 1. The van der Waals surface area contributed by atoms with E-state index in [-0.39, 0.29) is 29.4 Å². The van der Waals surface area contributed by atoms with E-state index in [2.05, 4.69) is 55.2 Å². The zero-order valence-corrected chi connectivity index (χ0v) is 18.4. The van der Waals surface area contributed by atoms with Crippen LogP contribution in [0.3, 0.4) is 0 Å². The number of halogens is 1. The van der Waals surface area contributed by atoms with E-state index in [1.54, 1.807) is 11.3 Å². The average Bonchev–Trinajstić information content (AvgIpc) is 2.87. The van der Waals surface area contributed by atoms with Gasteiger partial charge in [0, 0.05) is 30.9 Å². The summed E-state index contributed by atoms with van der Waals surface area (Å²) in [5.74, 6) is 2.46. The fourth-order valence-electron chi connectivity index (χ4n) is 3.07. The molecule has 0 bridgehead atoms. The smallest absolute Gasteiger partial charge is 0.193 e. The number of nitrogens with zero attached hydrogens (tertiary/aromatic N) is 3. The van der Waals surface area contributed by atoms with E-state index in [9.17, 15) is 0 Å². The number of nitrogens with one attached hydrogen (secondary N) is 1. The van der Waals surface area contributed by atoms with Gasteiger partial charge in [-0.15, -0.1) is 35.3 Å². The zero-order valence-electron chi connectivity index (χ0n) is 15.2. The molecule has 0 amide bonds. The van der Waals surface area contributed by atoms with Gasteiger partial charge >= 0.3 is 0 Å². The van der Waals surface area contributed by atoms with E-state index in [0.29, 0.717) is 0 Å². The molecule has 6 heteroatoms. The summed E-state index contributed by atoms with van der Waals surface area (Å²) in [4.78, 5) is 11.6. The van der Waals surface area contributed by atoms with Crippen molar-refractivity contribution in [3.8, 4) is 0 Å². The van der Waals surface area contributed by atoms with E-state index < -0.39 is 0 Å². The second kappa shape index (κ2) is 8.65. The van der Waals surface area contributed by atoms with Crippen LogP contribution in [0, 0.1) is 11.8 Å². The van der Waals surface area contributed by atoms with E-state index in [0.717, 1.165) is 43.1 Å². The molecule has 4 nitrogen and oxygen atoms in total. The summed E-state index contributed by atoms with van der Waals surface area (Å²) in [6, 6.07) is 0. The van der Waals surface area contributed by atoms with Crippen molar-refractivity contribution in [2.45, 2.75) is 53.0 Å². The van der Waals surface area contributed by atoms with E-state index >= 15 is 0 Å². The maximum absolute atomic E-state index is 4.75. The van der Waals surface area contributed by atoms with Crippen LogP contribution in [0.15, 0.2) is 10.4 Å². The fourth-order valence-corrected chi connectivity index (χ4v) is 3.98. The highest BCUT2D eigenvalue weighted by Crippen LogP contribution is 2.25. The van der Waals surface area contributed by atoms with Crippen LogP contribution in [0.25, 0.3) is 0 Å². The number of guanidine groups is 1. The molecule has 1 aliphatic rings. The average molecular weight is 450 g/mol. The number of likely N-dealkylation sites (tertiary alicyclic amines) is 1. The first kappa shape index (κ1) is 20.7. The lowest BCUT2D eigenvalue weighted by Gasteiger charge is -2.37. The third kappa shape index (κ3) is 5.89. The number of rotatable bonds is 2. The van der Waals surface area contributed by atoms with Crippen molar-refractivity contribution in [3.63, 3.8) is 0 Å². The van der Waals surface area contributed by atoms with Gasteiger partial charge in [-0.3, -0.25) is 4.99 Å². The van der Waals surface area contributed by atoms with Crippen LogP contribution in [0.4, 0.5) is 0 Å². The normalized spacial score (nSPS) is 22.7. The molecule has 1 fully saturated rings. The molecule has 0 aliphatic carbocycles.